The van der Waals surface area contributed by atoms with Crippen LogP contribution in [0.3, 0.4) is 0 Å². The largest absolute Gasteiger partial charge is 0.467 e. The summed E-state index contributed by atoms with van der Waals surface area (Å²) in [6.45, 7) is 10.6. The maximum Gasteiger partial charge on any atom is 0.419 e. The fourth-order valence-electron chi connectivity index (χ4n) is 3.71. The van der Waals surface area contributed by atoms with Gasteiger partial charge in [0.1, 0.15) is 17.2 Å². The van der Waals surface area contributed by atoms with Crippen molar-refractivity contribution in [2.75, 3.05) is 7.11 Å². The van der Waals surface area contributed by atoms with Crippen LogP contribution in [0, 0.1) is 0 Å². The molecule has 2 aromatic carbocycles. The zero-order chi connectivity index (χ0) is 25.3. The minimum absolute atomic E-state index is 0.0895. The molecule has 182 valence electrons. The fourth-order valence-corrected chi connectivity index (χ4v) is 3.71. The van der Waals surface area contributed by atoms with Crippen molar-refractivity contribution < 1.29 is 28.6 Å². The van der Waals surface area contributed by atoms with Gasteiger partial charge in [-0.15, -0.1) is 0 Å². The van der Waals surface area contributed by atoms with Crippen LogP contribution in [0.1, 0.15) is 47.1 Å². The lowest BCUT2D eigenvalue weighted by atomic mass is 10.00. The van der Waals surface area contributed by atoms with Gasteiger partial charge in [0.25, 0.3) is 0 Å². The highest BCUT2D eigenvalue weighted by Gasteiger charge is 2.28. The molecule has 0 aliphatic carbocycles. The van der Waals surface area contributed by atoms with Crippen molar-refractivity contribution in [3.05, 3.63) is 48.2 Å². The molecule has 0 aliphatic rings. The number of benzene rings is 2. The topological polar surface area (TPSA) is 95.9 Å². The molecule has 1 heterocycles. The van der Waals surface area contributed by atoms with Crippen LogP contribution in [-0.2, 0) is 25.4 Å². The second kappa shape index (κ2) is 9.37. The van der Waals surface area contributed by atoms with Gasteiger partial charge in [-0.25, -0.2) is 14.4 Å². The first-order valence-electron chi connectivity index (χ1n) is 11.1. The van der Waals surface area contributed by atoms with Crippen molar-refractivity contribution >= 4 is 39.8 Å². The molecule has 1 amide bonds. The molecular weight excluding hydrogens is 436 g/mol. The van der Waals surface area contributed by atoms with Crippen LogP contribution in [0.25, 0.3) is 21.7 Å². The molecule has 1 atom stereocenters. The number of hydrogen-bond acceptors (Lipinski definition) is 6. The number of esters is 1. The molecular formula is C26H32N2O6. The summed E-state index contributed by atoms with van der Waals surface area (Å²) in [7, 11) is 1.26. The minimum atomic E-state index is -1.02. The Morgan fingerprint density at radius 3 is 2.21 bits per heavy atom. The van der Waals surface area contributed by atoms with E-state index in [1.54, 1.807) is 47.7 Å². The molecule has 1 aromatic heterocycles. The second-order valence-electron chi connectivity index (χ2n) is 10.1. The van der Waals surface area contributed by atoms with Gasteiger partial charge in [0.05, 0.1) is 12.6 Å². The normalized spacial score (nSPS) is 12.9. The number of nitrogens with zero attached hydrogens (tertiary/aromatic N) is 1. The first-order valence-corrected chi connectivity index (χ1v) is 11.1. The lowest BCUT2D eigenvalue weighted by molar-refractivity contribution is -0.143. The third-order valence-corrected chi connectivity index (χ3v) is 4.96. The van der Waals surface area contributed by atoms with Gasteiger partial charge in [-0.05, 0) is 63.9 Å². The maximum absolute atomic E-state index is 13.0. The van der Waals surface area contributed by atoms with Crippen LogP contribution in [0.4, 0.5) is 9.59 Å². The van der Waals surface area contributed by atoms with Gasteiger partial charge in [0.15, 0.2) is 0 Å². The number of ether oxygens (including phenoxy) is 3. The number of hydrogen-bond donors (Lipinski definition) is 1. The molecule has 1 unspecified atom stereocenters. The zero-order valence-corrected chi connectivity index (χ0v) is 20.7. The summed E-state index contributed by atoms with van der Waals surface area (Å²) in [6.07, 6.45) is 0.474. The van der Waals surface area contributed by atoms with Crippen LogP contribution in [0.5, 0.6) is 0 Å². The Hall–Kier alpha value is -3.55. The van der Waals surface area contributed by atoms with E-state index in [0.717, 1.165) is 16.2 Å². The van der Waals surface area contributed by atoms with E-state index in [4.69, 9.17) is 14.2 Å². The van der Waals surface area contributed by atoms with Gasteiger partial charge >= 0.3 is 18.2 Å². The van der Waals surface area contributed by atoms with Crippen molar-refractivity contribution in [2.45, 2.75) is 65.2 Å². The summed E-state index contributed by atoms with van der Waals surface area (Å²) in [5, 5.41) is 5.29. The van der Waals surface area contributed by atoms with E-state index in [1.807, 2.05) is 36.4 Å². The summed E-state index contributed by atoms with van der Waals surface area (Å²) < 4.78 is 17.3. The van der Waals surface area contributed by atoms with E-state index in [-0.39, 0.29) is 6.42 Å². The van der Waals surface area contributed by atoms with E-state index >= 15 is 0 Å². The lowest BCUT2D eigenvalue weighted by Crippen LogP contribution is -2.45. The monoisotopic (exact) mass is 468 g/mol. The molecule has 0 saturated heterocycles. The second-order valence-corrected chi connectivity index (χ2v) is 10.1. The summed E-state index contributed by atoms with van der Waals surface area (Å²) in [6, 6.07) is 10.5. The highest BCUT2D eigenvalue weighted by Crippen LogP contribution is 2.31. The average Bonchev–Trinajstić information content (AvgIpc) is 3.09. The molecule has 34 heavy (non-hydrogen) atoms. The summed E-state index contributed by atoms with van der Waals surface area (Å²) in [5.74, 6) is -0.621. The van der Waals surface area contributed by atoms with E-state index < -0.39 is 35.4 Å². The Labute approximate surface area is 199 Å². The van der Waals surface area contributed by atoms with Crippen molar-refractivity contribution in [2.24, 2.45) is 0 Å². The third kappa shape index (κ3) is 5.87. The van der Waals surface area contributed by atoms with Crippen LogP contribution < -0.4 is 5.32 Å². The summed E-state index contributed by atoms with van der Waals surface area (Å²) in [5.41, 5.74) is -0.0847. The van der Waals surface area contributed by atoms with Gasteiger partial charge in [-0.1, -0.05) is 30.3 Å². The maximum atomic E-state index is 13.0. The Kier molecular flexibility index (Phi) is 6.91. The summed E-state index contributed by atoms with van der Waals surface area (Å²) >= 11 is 0. The van der Waals surface area contributed by atoms with Crippen LogP contribution >= 0.6 is 0 Å². The van der Waals surface area contributed by atoms with Crippen molar-refractivity contribution in [1.29, 1.82) is 0 Å². The molecule has 0 fully saturated rings. The molecule has 0 bridgehead atoms. The summed E-state index contributed by atoms with van der Waals surface area (Å²) in [4.78, 5) is 38.0. The van der Waals surface area contributed by atoms with Crippen LogP contribution in [0.15, 0.2) is 42.6 Å². The third-order valence-electron chi connectivity index (χ3n) is 4.96. The molecule has 1 N–H and O–H groups in total. The van der Waals surface area contributed by atoms with Crippen LogP contribution in [0.2, 0.25) is 0 Å². The average molecular weight is 469 g/mol. The molecule has 0 saturated carbocycles. The van der Waals surface area contributed by atoms with Gasteiger partial charge in [-0.3, -0.25) is 4.57 Å². The number of carbonyl (C=O) groups is 3. The van der Waals surface area contributed by atoms with E-state index in [1.165, 1.54) is 11.7 Å². The van der Waals surface area contributed by atoms with Gasteiger partial charge in [-0.2, -0.15) is 0 Å². The number of fused-ring (bicyclic) bond motifs is 3. The van der Waals surface area contributed by atoms with E-state index in [0.29, 0.717) is 11.1 Å². The molecule has 8 heteroatoms. The van der Waals surface area contributed by atoms with Gasteiger partial charge in [0, 0.05) is 18.0 Å². The Balaban J connectivity index is 2.10. The number of aromatic nitrogens is 1. The van der Waals surface area contributed by atoms with Crippen molar-refractivity contribution in [1.82, 2.24) is 9.88 Å². The number of amides is 1. The molecule has 8 nitrogen and oxygen atoms in total. The van der Waals surface area contributed by atoms with E-state index in [9.17, 15) is 14.4 Å². The molecule has 0 radical (unpaired) electrons. The quantitative estimate of drug-likeness (QED) is 0.418. The number of alkyl carbamates (subject to hydrolysis) is 1. The molecule has 3 aromatic rings. The van der Waals surface area contributed by atoms with Crippen LogP contribution in [-0.4, -0.2) is 47.1 Å². The van der Waals surface area contributed by atoms with Crippen molar-refractivity contribution in [3.63, 3.8) is 0 Å². The number of rotatable bonds is 4. The standard InChI is InChI=1S/C26H32N2O6/c1-25(2,3)33-23(30)27-19(22(29)32-7)14-17-15-28(24(31)34-26(4,5)6)20-13-12-16-10-8-9-11-18(16)21(17)20/h8-13,15,19H,14H2,1-7H3,(H,27,30). The molecule has 3 rings (SSSR count). The first kappa shape index (κ1) is 25.1. The Bertz CT molecular complexity index is 1230. The molecule has 0 spiro atoms. The predicted molar refractivity (Wildman–Crippen MR) is 130 cm³/mol. The Morgan fingerprint density at radius 1 is 0.941 bits per heavy atom. The number of nitrogens with one attached hydrogen (secondary N) is 1. The fraction of sp³-hybridized carbons (Fsp3) is 0.423. The zero-order valence-electron chi connectivity index (χ0n) is 20.7. The number of methoxy groups -OCH3 is 1. The highest BCUT2D eigenvalue weighted by atomic mass is 16.6. The minimum Gasteiger partial charge on any atom is -0.467 e. The highest BCUT2D eigenvalue weighted by molar-refractivity contribution is 6.10. The van der Waals surface area contributed by atoms with Gasteiger partial charge in [0.2, 0.25) is 0 Å². The first-order chi connectivity index (χ1) is 15.8. The lowest BCUT2D eigenvalue weighted by Gasteiger charge is -2.22. The molecule has 0 aliphatic heterocycles. The van der Waals surface area contributed by atoms with Gasteiger partial charge < -0.3 is 19.5 Å². The van der Waals surface area contributed by atoms with E-state index in [2.05, 4.69) is 5.32 Å². The van der Waals surface area contributed by atoms with Crippen molar-refractivity contribution in [3.8, 4) is 0 Å². The Morgan fingerprint density at radius 2 is 1.59 bits per heavy atom. The predicted octanol–water partition coefficient (Wildman–Crippen LogP) is 5.19. The SMILES string of the molecule is COC(=O)C(Cc1cn(C(=O)OC(C)(C)C)c2ccc3ccccc3c12)NC(=O)OC(C)(C)C. The number of carbonyl (C=O) groups excluding carboxylic acids is 3. The smallest absolute Gasteiger partial charge is 0.419 e.